The normalized spacial score (nSPS) is 17.6. The van der Waals surface area contributed by atoms with Crippen molar-refractivity contribution in [2.24, 2.45) is 0 Å². The maximum atomic E-state index is 9.76. The van der Waals surface area contributed by atoms with Gasteiger partial charge in [0.1, 0.15) is 0 Å². The van der Waals surface area contributed by atoms with Gasteiger partial charge in [-0.05, 0) is 0 Å². The predicted octanol–water partition coefficient (Wildman–Crippen LogP) is 16.0. The summed E-state index contributed by atoms with van der Waals surface area (Å²) in [5.41, 5.74) is 19.6. The van der Waals surface area contributed by atoms with E-state index in [-0.39, 0.29) is 7.25 Å². The van der Waals surface area contributed by atoms with Gasteiger partial charge in [0.2, 0.25) is 0 Å². The van der Waals surface area contributed by atoms with Gasteiger partial charge in [-0.1, -0.05) is 0 Å². The Balaban J connectivity index is 1.42. The van der Waals surface area contributed by atoms with Gasteiger partial charge >= 0.3 is 468 Å². The van der Waals surface area contributed by atoms with Crippen LogP contribution in [0, 0.1) is 0 Å². The molecule has 9 rings (SSSR count). The van der Waals surface area contributed by atoms with Crippen molar-refractivity contribution >= 4 is 105 Å². The fourth-order valence-electron chi connectivity index (χ4n) is 13.3. The number of rotatable bonds is 15. The summed E-state index contributed by atoms with van der Waals surface area (Å²) in [6.45, 7) is 44.6. The van der Waals surface area contributed by atoms with E-state index < -0.39 is 58.2 Å². The van der Waals surface area contributed by atoms with Gasteiger partial charge in [-0.2, -0.15) is 0 Å². The van der Waals surface area contributed by atoms with E-state index in [9.17, 15) is 17.0 Å². The molecule has 0 saturated carbocycles. The number of allylic oxidation sites excluding steroid dienone is 2. The Morgan fingerprint density at radius 1 is 0.486 bits per heavy atom. The summed E-state index contributed by atoms with van der Waals surface area (Å²) in [6, 6.07) is 42.1. The molecule has 0 amide bonds. The Morgan fingerprint density at radius 3 is 1.26 bits per heavy atom. The molecule has 1 aliphatic heterocycles. The van der Waals surface area contributed by atoms with Crippen LogP contribution in [0.25, 0.3) is 45.5 Å². The van der Waals surface area contributed by atoms with Gasteiger partial charge in [-0.25, -0.2) is 0 Å². The van der Waals surface area contributed by atoms with E-state index in [4.69, 9.17) is 0 Å². The Hall–Kier alpha value is -2.65. The Kier molecular flexibility index (Phi) is 15.1. The molecule has 0 bridgehead atoms. The van der Waals surface area contributed by atoms with Crippen LogP contribution in [0.5, 0.6) is 0 Å². The molecule has 0 saturated heterocycles. The van der Waals surface area contributed by atoms with E-state index in [1.165, 1.54) is 91.6 Å². The van der Waals surface area contributed by atoms with Crippen molar-refractivity contribution in [3.05, 3.63) is 148 Å². The summed E-state index contributed by atoms with van der Waals surface area (Å²) < 4.78 is 1.13. The second-order valence-electron chi connectivity index (χ2n) is 27.6. The zero-order valence-corrected chi connectivity index (χ0v) is 58.0. The van der Waals surface area contributed by atoms with E-state index >= 15 is 0 Å². The average molecular weight is 1180 g/mol. The third-order valence-electron chi connectivity index (χ3n) is 17.3. The van der Waals surface area contributed by atoms with E-state index in [1.807, 2.05) is 0 Å². The number of benzene rings is 6. The average Bonchev–Trinajstić information content (AvgIpc) is 4.01. The third kappa shape index (κ3) is 9.74. The van der Waals surface area contributed by atoms with E-state index in [2.05, 4.69) is 235 Å². The Morgan fingerprint density at radius 2 is 0.878 bits per heavy atom. The maximum absolute atomic E-state index is 9.76. The van der Waals surface area contributed by atoms with Crippen LogP contribution in [0.2, 0.25) is 78.6 Å². The molecule has 3 aliphatic rings. The summed E-state index contributed by atoms with van der Waals surface area (Å²) in [7, 11) is 11.8. The third-order valence-corrected chi connectivity index (χ3v) is 48.2. The second kappa shape index (κ2) is 19.9. The first-order valence-electron chi connectivity index (χ1n) is 28.3. The second-order valence-corrected chi connectivity index (χ2v) is 70.3. The summed E-state index contributed by atoms with van der Waals surface area (Å²) in [4.78, 5) is 0. The standard InChI is InChI=1S/2C27H39Si2.C12H9Si.2ClH.Zr/c2*1-10-11-20-14-21-12-13-25(19(2)3)27(26(21)15-20)22-16-23(28(4,5)6)18-24(17-22)29(7,8)9;1-3-7-11-9(5-1)10-6-2-4-8-12(10)13-11;;;/h2*12-19H,10-11H2,1-9H3;1-7H,13H2;2*1H;/q;;;;;+2/p-2. The Bertz CT molecular complexity index is 3040. The summed E-state index contributed by atoms with van der Waals surface area (Å²) in [5.74, 6) is 0.685. The van der Waals surface area contributed by atoms with Crippen LogP contribution >= 0.6 is 17.0 Å². The Labute approximate surface area is 463 Å². The molecule has 0 spiro atoms. The van der Waals surface area contributed by atoms with Gasteiger partial charge in [-0.15, -0.1) is 0 Å². The number of hydrogen-bond acceptors (Lipinski definition) is 0. The van der Waals surface area contributed by atoms with Gasteiger partial charge in [0.25, 0.3) is 0 Å². The predicted molar refractivity (Wildman–Crippen MR) is 346 cm³/mol. The van der Waals surface area contributed by atoms with Gasteiger partial charge in [-0.3, -0.25) is 0 Å². The summed E-state index contributed by atoms with van der Waals surface area (Å²) in [6.07, 6.45) is 9.31. The molecule has 2 unspecified atom stereocenters. The van der Waals surface area contributed by atoms with Crippen LogP contribution < -0.4 is 34.4 Å². The summed E-state index contributed by atoms with van der Waals surface area (Å²) in [5, 5.41) is 9.23. The molecule has 0 aromatic heterocycles. The molecule has 0 N–H and O–H groups in total. The van der Waals surface area contributed by atoms with Gasteiger partial charge in [0.05, 0.1) is 0 Å². The van der Waals surface area contributed by atoms with Crippen LogP contribution in [0.15, 0.2) is 114 Å². The molecule has 2 atom stereocenters. The quantitative estimate of drug-likeness (QED) is 0.0898. The molecule has 0 fully saturated rings. The van der Waals surface area contributed by atoms with Crippen molar-refractivity contribution in [3.63, 3.8) is 0 Å². The van der Waals surface area contributed by atoms with Crippen molar-refractivity contribution in [1.82, 2.24) is 0 Å². The van der Waals surface area contributed by atoms with Crippen LogP contribution in [0.4, 0.5) is 0 Å². The SMILES string of the molecule is CCCC1=Cc2c(ccc(C(C)C)c2-c2cc([Si](C)(C)C)cc([Si](C)(C)C)c2)[CH]1[Zr]([Cl])([Cl])([c]1cccc2c1[SiH2]c1ccccc1-2)[CH]1C(CCC)=Cc2c1ccc(C(C)C)c2-c1cc([Si](C)(C)C)cc([Si](C)(C)C)c1. The monoisotopic (exact) mass is 1180 g/mol. The molecule has 74 heavy (non-hydrogen) atoms. The van der Waals surface area contributed by atoms with Crippen molar-refractivity contribution in [2.45, 2.75) is 165 Å². The van der Waals surface area contributed by atoms with Gasteiger partial charge < -0.3 is 0 Å². The van der Waals surface area contributed by atoms with E-state index in [0.717, 1.165) is 25.7 Å². The van der Waals surface area contributed by atoms with Gasteiger partial charge in [0, 0.05) is 0 Å². The minimum atomic E-state index is -5.83. The van der Waals surface area contributed by atoms with E-state index in [0.29, 0.717) is 11.8 Å². The first-order valence-corrected chi connectivity index (χ1v) is 54.1. The summed E-state index contributed by atoms with van der Waals surface area (Å²) >= 11 is -5.83. The van der Waals surface area contributed by atoms with Gasteiger partial charge in [0.15, 0.2) is 0 Å². The zero-order chi connectivity index (χ0) is 53.9. The van der Waals surface area contributed by atoms with Crippen LogP contribution in [-0.4, -0.2) is 41.8 Å². The van der Waals surface area contributed by atoms with Crippen LogP contribution in [0.1, 0.15) is 120 Å². The first-order chi connectivity index (χ1) is 34.5. The first kappa shape index (κ1) is 56.1. The topological polar surface area (TPSA) is 0 Å². The number of halogens is 2. The number of fused-ring (bicyclic) bond motifs is 5. The van der Waals surface area contributed by atoms with Crippen LogP contribution in [0.3, 0.4) is 0 Å². The van der Waals surface area contributed by atoms with Crippen molar-refractivity contribution in [2.75, 3.05) is 0 Å². The van der Waals surface area contributed by atoms with Crippen LogP contribution in [-0.2, 0) is 16.4 Å². The molecule has 389 valence electrons. The molecular weight excluding hydrogens is 1100 g/mol. The fraction of sp³-hybridized carbons (Fsp3) is 0.394. The fourth-order valence-corrected chi connectivity index (χ4v) is 46.3. The molecule has 6 aromatic carbocycles. The molecule has 0 radical (unpaired) electrons. The minimum absolute atomic E-state index is 0.103. The van der Waals surface area contributed by atoms with E-state index in [1.54, 1.807) is 20.7 Å². The van der Waals surface area contributed by atoms with Crippen molar-refractivity contribution in [3.8, 4) is 33.4 Å². The van der Waals surface area contributed by atoms with Crippen molar-refractivity contribution in [1.29, 1.82) is 0 Å². The zero-order valence-electron chi connectivity index (χ0n) is 48.6. The molecule has 1 heterocycles. The van der Waals surface area contributed by atoms with Crippen molar-refractivity contribution < 1.29 is 16.4 Å². The molecule has 2 aliphatic carbocycles. The number of hydrogen-bond donors (Lipinski definition) is 0. The molecule has 6 aromatic rings. The molecular formula is C66H87Cl2Si5Zr. The molecule has 0 nitrogen and oxygen atoms in total. The molecule has 8 heteroatoms.